The molecule has 0 aliphatic carbocycles. The molecule has 1 saturated heterocycles. The van der Waals surface area contributed by atoms with Crippen molar-refractivity contribution in [3.05, 3.63) is 88.8 Å². The molecule has 0 aromatic heterocycles. The number of carbonyl (C=O) groups excluding carboxylic acids is 2. The summed E-state index contributed by atoms with van der Waals surface area (Å²) in [7, 11) is 1.42. The molecule has 190 valence electrons. The summed E-state index contributed by atoms with van der Waals surface area (Å²) in [6.07, 6.45) is -2.84. The quantitative estimate of drug-likeness (QED) is 0.285. The first-order valence-corrected chi connectivity index (χ1v) is 12.0. The Bertz CT molecular complexity index is 1380. The van der Waals surface area contributed by atoms with Gasteiger partial charge in [-0.3, -0.25) is 14.5 Å². The van der Waals surface area contributed by atoms with Gasteiger partial charge in [-0.05, 0) is 54.1 Å². The molecule has 1 N–H and O–H groups in total. The van der Waals surface area contributed by atoms with Crippen molar-refractivity contribution in [1.29, 1.82) is 0 Å². The standard InChI is InChI=1S/C26H19F3N2O4S2/c1-34-21-12-16(13-22-24(33)31(25(36)37-22)19-8-3-2-4-9-19)10-11-20(21)35-15-23(32)30-18-7-5-6-17(14-18)26(27,28)29/h2-14H,15H2,1H3,(H,30,32)/b22-13-. The number of methoxy groups -OCH3 is 1. The van der Waals surface area contributed by atoms with Crippen LogP contribution in [0.2, 0.25) is 0 Å². The molecular formula is C26H19F3N2O4S2. The summed E-state index contributed by atoms with van der Waals surface area (Å²) < 4.78 is 49.9. The highest BCUT2D eigenvalue weighted by molar-refractivity contribution is 8.27. The third-order valence-corrected chi connectivity index (χ3v) is 6.43. The minimum absolute atomic E-state index is 0.00134. The van der Waals surface area contributed by atoms with Gasteiger partial charge in [-0.25, -0.2) is 0 Å². The van der Waals surface area contributed by atoms with Crippen LogP contribution < -0.4 is 19.7 Å². The first kappa shape index (κ1) is 26.2. The molecule has 0 unspecified atom stereocenters. The number of rotatable bonds is 7. The van der Waals surface area contributed by atoms with Crippen LogP contribution in [0.4, 0.5) is 24.5 Å². The number of amides is 2. The number of thioether (sulfide) groups is 1. The summed E-state index contributed by atoms with van der Waals surface area (Å²) in [4.78, 5) is 27.1. The summed E-state index contributed by atoms with van der Waals surface area (Å²) in [6, 6.07) is 18.3. The Morgan fingerprint density at radius 2 is 1.81 bits per heavy atom. The Labute approximate surface area is 220 Å². The second kappa shape index (κ2) is 11.1. The van der Waals surface area contributed by atoms with E-state index >= 15 is 0 Å². The van der Waals surface area contributed by atoms with E-state index in [9.17, 15) is 22.8 Å². The molecule has 3 aromatic carbocycles. The molecule has 1 fully saturated rings. The molecule has 0 spiro atoms. The van der Waals surface area contributed by atoms with Gasteiger partial charge in [0.15, 0.2) is 22.4 Å². The van der Waals surface area contributed by atoms with Crippen molar-refractivity contribution in [3.8, 4) is 11.5 Å². The molecule has 0 atom stereocenters. The average molecular weight is 545 g/mol. The molecule has 11 heteroatoms. The molecule has 1 aliphatic rings. The number of halogens is 3. The molecule has 0 saturated carbocycles. The third kappa shape index (κ3) is 6.30. The maximum atomic E-state index is 12.9. The predicted molar refractivity (Wildman–Crippen MR) is 141 cm³/mol. The molecule has 3 aromatic rings. The van der Waals surface area contributed by atoms with Crippen molar-refractivity contribution >= 4 is 57.6 Å². The highest BCUT2D eigenvalue weighted by atomic mass is 32.2. The number of carbonyl (C=O) groups is 2. The smallest absolute Gasteiger partial charge is 0.416 e. The van der Waals surface area contributed by atoms with Crippen molar-refractivity contribution in [2.45, 2.75) is 6.18 Å². The number of thiocarbonyl (C=S) groups is 1. The number of hydrogen-bond donors (Lipinski definition) is 1. The Kier molecular flexibility index (Phi) is 7.84. The zero-order valence-electron chi connectivity index (χ0n) is 19.2. The molecule has 0 radical (unpaired) electrons. The van der Waals surface area contributed by atoms with Gasteiger partial charge in [-0.1, -0.05) is 54.3 Å². The van der Waals surface area contributed by atoms with Gasteiger partial charge in [0.25, 0.3) is 11.8 Å². The first-order chi connectivity index (χ1) is 17.7. The average Bonchev–Trinajstić information content (AvgIpc) is 3.15. The van der Waals surface area contributed by atoms with E-state index < -0.39 is 24.3 Å². The van der Waals surface area contributed by atoms with E-state index in [-0.39, 0.29) is 17.3 Å². The summed E-state index contributed by atoms with van der Waals surface area (Å²) >= 11 is 6.56. The van der Waals surface area contributed by atoms with E-state index in [1.54, 1.807) is 36.4 Å². The summed E-state index contributed by atoms with van der Waals surface area (Å²) in [5, 5.41) is 2.38. The zero-order chi connectivity index (χ0) is 26.6. The topological polar surface area (TPSA) is 67.9 Å². The Balaban J connectivity index is 1.43. The SMILES string of the molecule is COc1cc(/C=C2\SC(=S)N(c3ccccc3)C2=O)ccc1OCC(=O)Nc1cccc(C(F)(F)F)c1. The van der Waals surface area contributed by atoms with Gasteiger partial charge in [-0.15, -0.1) is 0 Å². The van der Waals surface area contributed by atoms with Crippen LogP contribution in [-0.4, -0.2) is 29.9 Å². The van der Waals surface area contributed by atoms with Crippen molar-refractivity contribution in [3.63, 3.8) is 0 Å². The predicted octanol–water partition coefficient (Wildman–Crippen LogP) is 6.14. The second-order valence-corrected chi connectivity index (χ2v) is 9.35. The molecule has 6 nitrogen and oxygen atoms in total. The lowest BCUT2D eigenvalue weighted by atomic mass is 10.1. The lowest BCUT2D eigenvalue weighted by Gasteiger charge is -2.14. The highest BCUT2D eigenvalue weighted by Crippen LogP contribution is 2.37. The van der Waals surface area contributed by atoms with Gasteiger partial charge < -0.3 is 14.8 Å². The summed E-state index contributed by atoms with van der Waals surface area (Å²) in [5.41, 5.74) is 0.451. The molecule has 0 bridgehead atoms. The van der Waals surface area contributed by atoms with Gasteiger partial charge in [-0.2, -0.15) is 13.2 Å². The van der Waals surface area contributed by atoms with Crippen molar-refractivity contribution in [2.24, 2.45) is 0 Å². The van der Waals surface area contributed by atoms with Crippen LogP contribution in [-0.2, 0) is 15.8 Å². The van der Waals surface area contributed by atoms with E-state index in [1.165, 1.54) is 35.9 Å². The highest BCUT2D eigenvalue weighted by Gasteiger charge is 2.33. The molecule has 4 rings (SSSR count). The fraction of sp³-hybridized carbons (Fsp3) is 0.115. The first-order valence-electron chi connectivity index (χ1n) is 10.8. The lowest BCUT2D eigenvalue weighted by Crippen LogP contribution is -2.27. The number of alkyl halides is 3. The van der Waals surface area contributed by atoms with Crippen LogP contribution >= 0.6 is 24.0 Å². The second-order valence-electron chi connectivity index (χ2n) is 7.68. The van der Waals surface area contributed by atoms with E-state index in [0.29, 0.717) is 26.2 Å². The number of benzene rings is 3. The van der Waals surface area contributed by atoms with E-state index in [1.807, 2.05) is 18.2 Å². The maximum absolute atomic E-state index is 12.9. The molecular weight excluding hydrogens is 525 g/mol. The number of ether oxygens (including phenoxy) is 2. The van der Waals surface area contributed by atoms with E-state index in [4.69, 9.17) is 21.7 Å². The number of nitrogens with one attached hydrogen (secondary N) is 1. The van der Waals surface area contributed by atoms with Crippen LogP contribution in [0.3, 0.4) is 0 Å². The van der Waals surface area contributed by atoms with Gasteiger partial charge >= 0.3 is 6.18 Å². The van der Waals surface area contributed by atoms with Crippen molar-refractivity contribution < 1.29 is 32.2 Å². The Hall–Kier alpha value is -3.83. The van der Waals surface area contributed by atoms with Gasteiger partial charge in [0, 0.05) is 5.69 Å². The van der Waals surface area contributed by atoms with Gasteiger partial charge in [0.1, 0.15) is 0 Å². The van der Waals surface area contributed by atoms with E-state index in [2.05, 4.69) is 5.32 Å². The molecule has 37 heavy (non-hydrogen) atoms. The number of nitrogens with zero attached hydrogens (tertiary/aromatic N) is 1. The van der Waals surface area contributed by atoms with Crippen LogP contribution in [0.5, 0.6) is 11.5 Å². The Morgan fingerprint density at radius 3 is 2.51 bits per heavy atom. The van der Waals surface area contributed by atoms with Gasteiger partial charge in [0.05, 0.1) is 23.3 Å². The minimum atomic E-state index is -4.52. The Morgan fingerprint density at radius 1 is 1.05 bits per heavy atom. The fourth-order valence-electron chi connectivity index (χ4n) is 3.43. The molecule has 1 aliphatic heterocycles. The van der Waals surface area contributed by atoms with Gasteiger partial charge in [0.2, 0.25) is 0 Å². The van der Waals surface area contributed by atoms with Crippen LogP contribution in [0.25, 0.3) is 6.08 Å². The normalized spacial score (nSPS) is 14.7. The minimum Gasteiger partial charge on any atom is -0.493 e. The largest absolute Gasteiger partial charge is 0.493 e. The maximum Gasteiger partial charge on any atom is 0.416 e. The monoisotopic (exact) mass is 544 g/mol. The summed E-state index contributed by atoms with van der Waals surface area (Å²) in [6.45, 7) is -0.457. The van der Waals surface area contributed by atoms with E-state index in [0.717, 1.165) is 12.1 Å². The molecule has 2 amide bonds. The van der Waals surface area contributed by atoms with Crippen LogP contribution in [0, 0.1) is 0 Å². The summed E-state index contributed by atoms with van der Waals surface area (Å²) in [5.74, 6) is -0.336. The fourth-order valence-corrected chi connectivity index (χ4v) is 4.72. The van der Waals surface area contributed by atoms with Crippen molar-refractivity contribution in [1.82, 2.24) is 0 Å². The van der Waals surface area contributed by atoms with Crippen molar-refractivity contribution in [2.75, 3.05) is 23.9 Å². The zero-order valence-corrected chi connectivity index (χ0v) is 20.9. The molecule has 1 heterocycles. The number of para-hydroxylation sites is 1. The number of anilines is 2. The third-order valence-electron chi connectivity index (χ3n) is 5.13. The number of hydrogen-bond acceptors (Lipinski definition) is 6. The lowest BCUT2D eigenvalue weighted by molar-refractivity contribution is -0.137. The van der Waals surface area contributed by atoms with Crippen LogP contribution in [0.15, 0.2) is 77.7 Å². The van der Waals surface area contributed by atoms with Crippen LogP contribution in [0.1, 0.15) is 11.1 Å².